The van der Waals surface area contributed by atoms with E-state index < -0.39 is 11.0 Å². The van der Waals surface area contributed by atoms with Crippen LogP contribution in [0.15, 0.2) is 78.9 Å². The number of ether oxygens (including phenoxy) is 1. The molecule has 2 atom stereocenters. The molecular weight excluding hydrogens is 633 g/mol. The first-order chi connectivity index (χ1) is 20.9. The molecule has 0 bridgehead atoms. The van der Waals surface area contributed by atoms with Gasteiger partial charge in [0.05, 0.1) is 27.6 Å². The van der Waals surface area contributed by atoms with Crippen LogP contribution in [-0.2, 0) is 26.3 Å². The standard InChI is InChI=1S/C35H39Cl2N3O3.ClH.H2O/c36-30-14-13-29(23-31(30)37)35(28-11-5-2-6-12-28)26-34(24-27-9-3-1-4-10-27,33(42)39-16-7-8-17-39)15-18-40(35)20-19-38-21-22-43-25-32(38)41;;/h1-6,9-14,23H,7-8,15-22,24-26H2;1H;1H2. The third kappa shape index (κ3) is 7.19. The quantitative estimate of drug-likeness (QED) is 0.310. The van der Waals surface area contributed by atoms with Gasteiger partial charge in [-0.05, 0) is 60.9 Å². The van der Waals surface area contributed by atoms with Crippen molar-refractivity contribution in [3.63, 3.8) is 0 Å². The van der Waals surface area contributed by atoms with Crippen LogP contribution in [0.5, 0.6) is 0 Å². The highest BCUT2D eigenvalue weighted by Gasteiger charge is 2.55. The normalized spacial score (nSPS) is 23.7. The SMILES string of the molecule is Cl.O.O=C1COCCN1CCN1CCC(Cc2ccccc2)(C(=O)N2CCCC2)CC1(c1ccccc1)c1ccc(Cl)c(Cl)c1. The molecule has 3 aromatic carbocycles. The molecule has 0 aliphatic carbocycles. The number of morpholine rings is 1. The van der Waals surface area contributed by atoms with E-state index in [9.17, 15) is 9.59 Å². The van der Waals surface area contributed by atoms with Crippen LogP contribution in [0.1, 0.15) is 42.4 Å². The Bertz CT molecular complexity index is 1440. The lowest BCUT2D eigenvalue weighted by Crippen LogP contribution is -2.61. The van der Waals surface area contributed by atoms with Crippen molar-refractivity contribution in [1.82, 2.24) is 14.7 Å². The van der Waals surface area contributed by atoms with E-state index >= 15 is 0 Å². The fourth-order valence-electron chi connectivity index (χ4n) is 7.42. The van der Waals surface area contributed by atoms with Crippen LogP contribution in [0.2, 0.25) is 10.0 Å². The second kappa shape index (κ2) is 15.3. The molecule has 0 spiro atoms. The molecule has 2 amide bonds. The summed E-state index contributed by atoms with van der Waals surface area (Å²) in [7, 11) is 0. The fourth-order valence-corrected chi connectivity index (χ4v) is 7.71. The number of hydrogen-bond acceptors (Lipinski definition) is 4. The minimum Gasteiger partial charge on any atom is -0.412 e. The summed E-state index contributed by atoms with van der Waals surface area (Å²) in [6.45, 7) is 4.81. The van der Waals surface area contributed by atoms with Gasteiger partial charge in [0.1, 0.15) is 6.61 Å². The molecule has 242 valence electrons. The Hall–Kier alpha value is -2.65. The molecule has 3 heterocycles. The highest BCUT2D eigenvalue weighted by molar-refractivity contribution is 6.42. The fraction of sp³-hybridized carbons (Fsp3) is 0.429. The highest BCUT2D eigenvalue weighted by Crippen LogP contribution is 2.53. The van der Waals surface area contributed by atoms with Gasteiger partial charge in [-0.1, -0.05) is 89.9 Å². The van der Waals surface area contributed by atoms with Crippen LogP contribution in [0.25, 0.3) is 0 Å². The Kier molecular flexibility index (Phi) is 12.0. The maximum atomic E-state index is 14.7. The average molecular weight is 675 g/mol. The van der Waals surface area contributed by atoms with Gasteiger partial charge in [-0.25, -0.2) is 0 Å². The van der Waals surface area contributed by atoms with E-state index in [-0.39, 0.29) is 36.3 Å². The number of carbonyl (C=O) groups is 2. The van der Waals surface area contributed by atoms with Gasteiger partial charge in [0.2, 0.25) is 11.8 Å². The number of carbonyl (C=O) groups excluding carboxylic acids is 2. The van der Waals surface area contributed by atoms with Gasteiger partial charge in [0.15, 0.2) is 0 Å². The minimum absolute atomic E-state index is 0. The van der Waals surface area contributed by atoms with Crippen molar-refractivity contribution < 1.29 is 19.8 Å². The Morgan fingerprint density at radius 2 is 1.51 bits per heavy atom. The van der Waals surface area contributed by atoms with Crippen molar-refractivity contribution >= 4 is 47.4 Å². The summed E-state index contributed by atoms with van der Waals surface area (Å²) in [5.41, 5.74) is 1.98. The lowest BCUT2D eigenvalue weighted by molar-refractivity contribution is -0.149. The summed E-state index contributed by atoms with van der Waals surface area (Å²) >= 11 is 13.2. The summed E-state index contributed by atoms with van der Waals surface area (Å²) in [5.74, 6) is 0.267. The maximum absolute atomic E-state index is 14.7. The van der Waals surface area contributed by atoms with E-state index in [1.54, 1.807) is 0 Å². The van der Waals surface area contributed by atoms with Crippen LogP contribution < -0.4 is 0 Å². The zero-order valence-electron chi connectivity index (χ0n) is 25.4. The zero-order chi connectivity index (χ0) is 29.9. The van der Waals surface area contributed by atoms with Gasteiger partial charge in [0.25, 0.3) is 0 Å². The summed E-state index contributed by atoms with van der Waals surface area (Å²) in [4.78, 5) is 33.9. The van der Waals surface area contributed by atoms with Crippen molar-refractivity contribution in [1.29, 1.82) is 0 Å². The van der Waals surface area contributed by atoms with Crippen LogP contribution in [0.4, 0.5) is 0 Å². The number of rotatable bonds is 8. The van der Waals surface area contributed by atoms with Gasteiger partial charge in [-0.2, -0.15) is 0 Å². The van der Waals surface area contributed by atoms with E-state index in [4.69, 9.17) is 27.9 Å². The molecule has 3 aliphatic heterocycles. The lowest BCUT2D eigenvalue weighted by atomic mass is 9.61. The number of amides is 2. The zero-order valence-corrected chi connectivity index (χ0v) is 27.8. The van der Waals surface area contributed by atoms with Crippen LogP contribution >= 0.6 is 35.6 Å². The molecule has 0 radical (unpaired) electrons. The largest absolute Gasteiger partial charge is 0.412 e. The molecule has 45 heavy (non-hydrogen) atoms. The van der Waals surface area contributed by atoms with E-state index in [0.717, 1.165) is 43.5 Å². The van der Waals surface area contributed by atoms with Crippen LogP contribution in [0.3, 0.4) is 0 Å². The molecule has 7 nitrogen and oxygen atoms in total. The Labute approximate surface area is 282 Å². The smallest absolute Gasteiger partial charge is 0.248 e. The summed E-state index contributed by atoms with van der Waals surface area (Å²) in [5, 5.41) is 0.987. The van der Waals surface area contributed by atoms with Crippen molar-refractivity contribution in [2.24, 2.45) is 5.41 Å². The first kappa shape index (κ1) is 35.2. The molecule has 3 aromatic rings. The monoisotopic (exact) mass is 673 g/mol. The molecule has 2 N–H and O–H groups in total. The van der Waals surface area contributed by atoms with Gasteiger partial charge in [-0.3, -0.25) is 14.5 Å². The Morgan fingerprint density at radius 3 is 2.18 bits per heavy atom. The molecule has 3 fully saturated rings. The second-order valence-corrected chi connectivity index (χ2v) is 13.0. The summed E-state index contributed by atoms with van der Waals surface area (Å²) < 4.78 is 5.39. The van der Waals surface area contributed by atoms with Crippen molar-refractivity contribution in [2.75, 3.05) is 52.5 Å². The molecular formula is C35H42Cl3N3O4. The first-order valence-electron chi connectivity index (χ1n) is 15.4. The van der Waals surface area contributed by atoms with Crippen molar-refractivity contribution in [3.8, 4) is 0 Å². The number of piperidine rings is 1. The summed E-state index contributed by atoms with van der Waals surface area (Å²) in [6.07, 6.45) is 4.06. The van der Waals surface area contributed by atoms with E-state index in [2.05, 4.69) is 64.4 Å². The van der Waals surface area contributed by atoms with Gasteiger partial charge < -0.3 is 20.0 Å². The van der Waals surface area contributed by atoms with Crippen molar-refractivity contribution in [2.45, 2.75) is 37.6 Å². The molecule has 3 saturated heterocycles. The second-order valence-electron chi connectivity index (χ2n) is 12.1. The molecule has 3 aliphatic rings. The predicted octanol–water partition coefficient (Wildman–Crippen LogP) is 5.64. The maximum Gasteiger partial charge on any atom is 0.248 e. The third-order valence-electron chi connectivity index (χ3n) is 9.60. The molecule has 6 rings (SSSR count). The van der Waals surface area contributed by atoms with Crippen LogP contribution in [0, 0.1) is 5.41 Å². The molecule has 0 saturated carbocycles. The molecule has 2 unspecified atom stereocenters. The number of benzene rings is 3. The number of halogens is 3. The number of likely N-dealkylation sites (tertiary alicyclic amines) is 2. The van der Waals surface area contributed by atoms with E-state index in [0.29, 0.717) is 55.7 Å². The van der Waals surface area contributed by atoms with Gasteiger partial charge in [0, 0.05) is 39.3 Å². The molecule has 0 aromatic heterocycles. The topological polar surface area (TPSA) is 84.6 Å². The van der Waals surface area contributed by atoms with Gasteiger partial charge in [-0.15, -0.1) is 12.4 Å². The minimum atomic E-state index is -0.673. The first-order valence-corrected chi connectivity index (χ1v) is 16.1. The number of hydrogen-bond donors (Lipinski definition) is 0. The average Bonchev–Trinajstić information content (AvgIpc) is 3.58. The molecule has 10 heteroatoms. The predicted molar refractivity (Wildman–Crippen MR) is 181 cm³/mol. The van der Waals surface area contributed by atoms with E-state index in [1.165, 1.54) is 5.56 Å². The Balaban J connectivity index is 0.00000230. The third-order valence-corrected chi connectivity index (χ3v) is 10.3. The van der Waals surface area contributed by atoms with Crippen molar-refractivity contribution in [3.05, 3.63) is 106 Å². The highest BCUT2D eigenvalue weighted by atomic mass is 35.5. The lowest BCUT2D eigenvalue weighted by Gasteiger charge is -2.55. The number of nitrogens with zero attached hydrogens (tertiary/aromatic N) is 3. The Morgan fingerprint density at radius 1 is 0.822 bits per heavy atom. The van der Waals surface area contributed by atoms with Gasteiger partial charge >= 0.3 is 0 Å². The van der Waals surface area contributed by atoms with Crippen LogP contribution in [-0.4, -0.2) is 84.5 Å². The van der Waals surface area contributed by atoms with E-state index in [1.807, 2.05) is 29.2 Å². The summed E-state index contributed by atoms with van der Waals surface area (Å²) in [6, 6.07) is 26.8.